The molecule has 0 radical (unpaired) electrons. The minimum absolute atomic E-state index is 0.0913. The maximum atomic E-state index is 13.0. The Morgan fingerprint density at radius 1 is 0.839 bits per heavy atom. The molecule has 31 heavy (non-hydrogen) atoms. The summed E-state index contributed by atoms with van der Waals surface area (Å²) in [5.74, 6) is 1.95. The fourth-order valence-corrected chi connectivity index (χ4v) is 4.37. The zero-order valence-electron chi connectivity index (χ0n) is 19.4. The molecular formula is C25H35N5O. The third-order valence-electron chi connectivity index (χ3n) is 6.36. The number of aromatic nitrogens is 2. The lowest BCUT2D eigenvalue weighted by molar-refractivity contribution is 0.0746. The van der Waals surface area contributed by atoms with Gasteiger partial charge in [0.05, 0.1) is 0 Å². The number of rotatable bonds is 3. The summed E-state index contributed by atoms with van der Waals surface area (Å²) in [4.78, 5) is 29.1. The molecule has 0 saturated carbocycles. The second-order valence-electron chi connectivity index (χ2n) is 9.82. The first-order valence-corrected chi connectivity index (χ1v) is 11.6. The summed E-state index contributed by atoms with van der Waals surface area (Å²) in [6.45, 7) is 13.7. The van der Waals surface area contributed by atoms with Crippen LogP contribution in [0.4, 0.5) is 11.8 Å². The predicted octanol–water partition coefficient (Wildman–Crippen LogP) is 4.04. The number of piperidine rings is 1. The Morgan fingerprint density at radius 3 is 2.10 bits per heavy atom. The van der Waals surface area contributed by atoms with Crippen LogP contribution >= 0.6 is 0 Å². The topological polar surface area (TPSA) is 52.6 Å². The standard InChI is InChI=1S/C25H35N5O/c1-19-18-22(28-12-6-5-7-13-28)27-24(26-19)30-16-14-29(15-17-30)23(31)20-8-10-21(11-9-20)25(2,3)4/h8-11,18H,5-7,12-17H2,1-4H3. The highest BCUT2D eigenvalue weighted by Crippen LogP contribution is 2.24. The van der Waals surface area contributed by atoms with Crippen LogP contribution in [-0.2, 0) is 5.41 Å². The van der Waals surface area contributed by atoms with Crippen molar-refractivity contribution in [3.8, 4) is 0 Å². The zero-order valence-corrected chi connectivity index (χ0v) is 19.4. The molecular weight excluding hydrogens is 386 g/mol. The van der Waals surface area contributed by atoms with Gasteiger partial charge in [-0.1, -0.05) is 32.9 Å². The lowest BCUT2D eigenvalue weighted by Crippen LogP contribution is -2.49. The molecule has 3 heterocycles. The summed E-state index contributed by atoms with van der Waals surface area (Å²) >= 11 is 0. The molecule has 6 nitrogen and oxygen atoms in total. The highest BCUT2D eigenvalue weighted by atomic mass is 16.2. The van der Waals surface area contributed by atoms with E-state index in [1.54, 1.807) is 0 Å². The molecule has 0 spiro atoms. The van der Waals surface area contributed by atoms with Crippen molar-refractivity contribution in [3.63, 3.8) is 0 Å². The fourth-order valence-electron chi connectivity index (χ4n) is 4.37. The van der Waals surface area contributed by atoms with Gasteiger partial charge in [0.15, 0.2) is 0 Å². The maximum absolute atomic E-state index is 13.0. The Kier molecular flexibility index (Phi) is 6.17. The molecule has 2 fully saturated rings. The number of piperazine rings is 1. The number of anilines is 2. The van der Waals surface area contributed by atoms with Gasteiger partial charge >= 0.3 is 0 Å². The van der Waals surface area contributed by atoms with Crippen LogP contribution in [-0.4, -0.2) is 60.0 Å². The lowest BCUT2D eigenvalue weighted by Gasteiger charge is -2.35. The van der Waals surface area contributed by atoms with E-state index in [-0.39, 0.29) is 11.3 Å². The van der Waals surface area contributed by atoms with E-state index >= 15 is 0 Å². The van der Waals surface area contributed by atoms with E-state index < -0.39 is 0 Å². The molecule has 2 aromatic rings. The number of hydrogen-bond acceptors (Lipinski definition) is 5. The molecule has 0 aliphatic carbocycles. The smallest absolute Gasteiger partial charge is 0.253 e. The minimum Gasteiger partial charge on any atom is -0.356 e. The van der Waals surface area contributed by atoms with Gasteiger partial charge < -0.3 is 14.7 Å². The van der Waals surface area contributed by atoms with Crippen LogP contribution in [0.1, 0.15) is 61.6 Å². The first-order valence-electron chi connectivity index (χ1n) is 11.6. The van der Waals surface area contributed by atoms with E-state index in [0.29, 0.717) is 13.1 Å². The van der Waals surface area contributed by atoms with Gasteiger partial charge in [-0.3, -0.25) is 4.79 Å². The Hall–Kier alpha value is -2.63. The minimum atomic E-state index is 0.0913. The maximum Gasteiger partial charge on any atom is 0.253 e. The van der Waals surface area contributed by atoms with Gasteiger partial charge in [-0.15, -0.1) is 0 Å². The predicted molar refractivity (Wildman–Crippen MR) is 126 cm³/mol. The number of hydrogen-bond donors (Lipinski definition) is 0. The van der Waals surface area contributed by atoms with E-state index in [1.165, 1.54) is 24.8 Å². The number of amides is 1. The zero-order chi connectivity index (χ0) is 22.0. The number of carbonyl (C=O) groups excluding carboxylic acids is 1. The average Bonchev–Trinajstić information content (AvgIpc) is 2.78. The molecule has 0 N–H and O–H groups in total. The van der Waals surface area contributed by atoms with Gasteiger partial charge in [-0.2, -0.15) is 4.98 Å². The van der Waals surface area contributed by atoms with Crippen molar-refractivity contribution in [2.75, 3.05) is 49.1 Å². The molecule has 2 aliphatic heterocycles. The van der Waals surface area contributed by atoms with Crippen molar-refractivity contribution in [3.05, 3.63) is 47.2 Å². The average molecular weight is 422 g/mol. The summed E-state index contributed by atoms with van der Waals surface area (Å²) in [5, 5.41) is 0. The number of benzene rings is 1. The third kappa shape index (κ3) is 5.00. The largest absolute Gasteiger partial charge is 0.356 e. The summed E-state index contributed by atoms with van der Waals surface area (Å²) in [6, 6.07) is 10.2. The Morgan fingerprint density at radius 2 is 1.48 bits per heavy atom. The van der Waals surface area contributed by atoms with Crippen molar-refractivity contribution in [1.82, 2.24) is 14.9 Å². The molecule has 0 bridgehead atoms. The molecule has 1 aromatic heterocycles. The van der Waals surface area contributed by atoms with E-state index in [9.17, 15) is 4.79 Å². The molecule has 0 unspecified atom stereocenters. The van der Waals surface area contributed by atoms with Crippen LogP contribution < -0.4 is 9.80 Å². The first-order chi connectivity index (χ1) is 14.8. The Bertz CT molecular complexity index is 904. The number of aryl methyl sites for hydroxylation is 1. The van der Waals surface area contributed by atoms with Crippen molar-refractivity contribution in [2.45, 2.75) is 52.4 Å². The molecule has 1 amide bonds. The van der Waals surface area contributed by atoms with Gasteiger partial charge in [0.1, 0.15) is 5.82 Å². The van der Waals surface area contributed by atoms with Crippen LogP contribution in [0.3, 0.4) is 0 Å². The van der Waals surface area contributed by atoms with E-state index in [2.05, 4.69) is 48.8 Å². The van der Waals surface area contributed by atoms with Crippen molar-refractivity contribution in [2.24, 2.45) is 0 Å². The van der Waals surface area contributed by atoms with Gasteiger partial charge in [-0.05, 0) is 49.3 Å². The second kappa shape index (κ2) is 8.85. The van der Waals surface area contributed by atoms with E-state index in [1.807, 2.05) is 24.0 Å². The summed E-state index contributed by atoms with van der Waals surface area (Å²) < 4.78 is 0. The van der Waals surface area contributed by atoms with Crippen LogP contribution in [0.15, 0.2) is 30.3 Å². The molecule has 166 valence electrons. The van der Waals surface area contributed by atoms with Gasteiger partial charge in [0.25, 0.3) is 5.91 Å². The number of carbonyl (C=O) groups is 1. The molecule has 2 saturated heterocycles. The third-order valence-corrected chi connectivity index (χ3v) is 6.36. The highest BCUT2D eigenvalue weighted by Gasteiger charge is 2.25. The SMILES string of the molecule is Cc1cc(N2CCCCC2)nc(N2CCN(C(=O)c3ccc(C(C)(C)C)cc3)CC2)n1. The van der Waals surface area contributed by atoms with Crippen molar-refractivity contribution in [1.29, 1.82) is 0 Å². The highest BCUT2D eigenvalue weighted by molar-refractivity contribution is 5.94. The van der Waals surface area contributed by atoms with Crippen LogP contribution in [0.25, 0.3) is 0 Å². The quantitative estimate of drug-likeness (QED) is 0.749. The summed E-state index contributed by atoms with van der Waals surface area (Å²) in [5.41, 5.74) is 3.10. The molecule has 1 aromatic carbocycles. The van der Waals surface area contributed by atoms with E-state index in [0.717, 1.165) is 49.2 Å². The molecule has 2 aliphatic rings. The normalized spacial score (nSPS) is 17.7. The Balaban J connectivity index is 1.40. The molecule has 0 atom stereocenters. The van der Waals surface area contributed by atoms with Crippen LogP contribution in [0.2, 0.25) is 0 Å². The summed E-state index contributed by atoms with van der Waals surface area (Å²) in [7, 11) is 0. The van der Waals surface area contributed by atoms with Crippen LogP contribution in [0.5, 0.6) is 0 Å². The van der Waals surface area contributed by atoms with Gasteiger partial charge in [-0.25, -0.2) is 4.98 Å². The first kappa shape index (κ1) is 21.6. The van der Waals surface area contributed by atoms with Crippen LogP contribution in [0, 0.1) is 6.92 Å². The van der Waals surface area contributed by atoms with Gasteiger partial charge in [0.2, 0.25) is 5.95 Å². The van der Waals surface area contributed by atoms with Crippen molar-refractivity contribution >= 4 is 17.7 Å². The Labute approximate surface area is 186 Å². The van der Waals surface area contributed by atoms with Gasteiger partial charge in [0, 0.05) is 56.6 Å². The molecule has 6 heteroatoms. The van der Waals surface area contributed by atoms with E-state index in [4.69, 9.17) is 9.97 Å². The fraction of sp³-hybridized carbons (Fsp3) is 0.560. The van der Waals surface area contributed by atoms with Crippen molar-refractivity contribution < 1.29 is 4.79 Å². The monoisotopic (exact) mass is 421 g/mol. The number of nitrogens with zero attached hydrogens (tertiary/aromatic N) is 5. The lowest BCUT2D eigenvalue weighted by atomic mass is 9.86. The summed E-state index contributed by atoms with van der Waals surface area (Å²) in [6.07, 6.45) is 3.77. The second-order valence-corrected chi connectivity index (χ2v) is 9.82. The molecule has 4 rings (SSSR count).